The van der Waals surface area contributed by atoms with E-state index in [1.807, 2.05) is 25.1 Å². The van der Waals surface area contributed by atoms with Crippen LogP contribution in [0.5, 0.6) is 0 Å². The molecule has 14 heavy (non-hydrogen) atoms. The van der Waals surface area contributed by atoms with E-state index >= 15 is 0 Å². The fraction of sp³-hybridized carbons (Fsp3) is 0.167. The average molecular weight is 186 g/mol. The zero-order chi connectivity index (χ0) is 10.3. The van der Waals surface area contributed by atoms with Crippen molar-refractivity contribution in [3.63, 3.8) is 0 Å². The Hall–Kier alpha value is -1.70. The van der Waals surface area contributed by atoms with Gasteiger partial charge in [-0.05, 0) is 36.4 Å². The molecule has 72 valence electrons. The van der Waals surface area contributed by atoms with Gasteiger partial charge in [-0.25, -0.2) is 0 Å². The van der Waals surface area contributed by atoms with Crippen molar-refractivity contribution in [2.24, 2.45) is 0 Å². The monoisotopic (exact) mass is 186 g/mol. The van der Waals surface area contributed by atoms with Crippen LogP contribution in [0.1, 0.15) is 11.1 Å². The molecule has 0 aromatic heterocycles. The van der Waals surface area contributed by atoms with Crippen molar-refractivity contribution < 1.29 is 0 Å². The number of rotatable bonds is 0. The van der Waals surface area contributed by atoms with Gasteiger partial charge in [0.2, 0.25) is 0 Å². The van der Waals surface area contributed by atoms with Crippen LogP contribution < -0.4 is 11.5 Å². The summed E-state index contributed by atoms with van der Waals surface area (Å²) in [5.41, 5.74) is 15.8. The first-order chi connectivity index (χ1) is 6.61. The molecule has 0 aliphatic carbocycles. The minimum Gasteiger partial charge on any atom is -0.398 e. The Bertz CT molecular complexity index is 501. The lowest BCUT2D eigenvalue weighted by Crippen LogP contribution is -1.97. The summed E-state index contributed by atoms with van der Waals surface area (Å²) in [4.78, 5) is 0. The second kappa shape index (κ2) is 2.91. The van der Waals surface area contributed by atoms with E-state index < -0.39 is 0 Å². The molecule has 0 saturated heterocycles. The normalized spacial score (nSPS) is 10.7. The topological polar surface area (TPSA) is 52.0 Å². The molecular weight excluding hydrogens is 172 g/mol. The van der Waals surface area contributed by atoms with Crippen LogP contribution in [0.3, 0.4) is 0 Å². The molecule has 2 aromatic carbocycles. The molecule has 0 fully saturated rings. The van der Waals surface area contributed by atoms with Gasteiger partial charge in [-0.15, -0.1) is 0 Å². The van der Waals surface area contributed by atoms with Crippen LogP contribution in [0.15, 0.2) is 24.3 Å². The minimum absolute atomic E-state index is 0.753. The number of anilines is 2. The van der Waals surface area contributed by atoms with Gasteiger partial charge >= 0.3 is 0 Å². The van der Waals surface area contributed by atoms with Gasteiger partial charge in [0.15, 0.2) is 0 Å². The van der Waals surface area contributed by atoms with Crippen molar-refractivity contribution in [2.75, 3.05) is 11.5 Å². The summed E-state index contributed by atoms with van der Waals surface area (Å²) in [7, 11) is 0. The number of nitrogen functional groups attached to an aromatic ring is 2. The van der Waals surface area contributed by atoms with Crippen molar-refractivity contribution in [2.45, 2.75) is 13.8 Å². The van der Waals surface area contributed by atoms with Crippen LogP contribution in [-0.2, 0) is 0 Å². The zero-order valence-electron chi connectivity index (χ0n) is 8.46. The molecule has 2 rings (SSSR count). The first kappa shape index (κ1) is 8.88. The average Bonchev–Trinajstić information content (AvgIpc) is 2.14. The van der Waals surface area contributed by atoms with Gasteiger partial charge < -0.3 is 11.5 Å². The fourth-order valence-corrected chi connectivity index (χ4v) is 1.76. The quantitative estimate of drug-likeness (QED) is 0.621. The summed E-state index contributed by atoms with van der Waals surface area (Å²) in [6, 6.07) is 7.99. The summed E-state index contributed by atoms with van der Waals surface area (Å²) >= 11 is 0. The molecule has 0 atom stereocenters. The van der Waals surface area contributed by atoms with E-state index in [-0.39, 0.29) is 0 Å². The summed E-state index contributed by atoms with van der Waals surface area (Å²) < 4.78 is 0. The van der Waals surface area contributed by atoms with Gasteiger partial charge in [-0.1, -0.05) is 18.2 Å². The molecule has 0 radical (unpaired) electrons. The Morgan fingerprint density at radius 3 is 2.50 bits per heavy atom. The molecule has 0 aliphatic rings. The van der Waals surface area contributed by atoms with Gasteiger partial charge in [0, 0.05) is 16.8 Å². The van der Waals surface area contributed by atoms with Crippen LogP contribution in [0, 0.1) is 13.8 Å². The van der Waals surface area contributed by atoms with E-state index in [4.69, 9.17) is 11.5 Å². The second-order valence-corrected chi connectivity index (χ2v) is 3.68. The van der Waals surface area contributed by atoms with Gasteiger partial charge in [0.05, 0.1) is 0 Å². The number of aryl methyl sites for hydroxylation is 1. The van der Waals surface area contributed by atoms with Crippen molar-refractivity contribution in [3.05, 3.63) is 35.4 Å². The minimum atomic E-state index is 0.753. The van der Waals surface area contributed by atoms with Crippen molar-refractivity contribution in [3.8, 4) is 0 Å². The largest absolute Gasteiger partial charge is 0.398 e. The molecule has 0 bridgehead atoms. The first-order valence-corrected chi connectivity index (χ1v) is 4.65. The number of hydrogen-bond donors (Lipinski definition) is 2. The lowest BCUT2D eigenvalue weighted by molar-refractivity contribution is 1.37. The molecule has 0 saturated carbocycles. The van der Waals surface area contributed by atoms with E-state index in [0.717, 1.165) is 27.7 Å². The molecule has 0 unspecified atom stereocenters. The van der Waals surface area contributed by atoms with Gasteiger partial charge in [-0.2, -0.15) is 0 Å². The predicted molar refractivity (Wildman–Crippen MR) is 62.2 cm³/mol. The van der Waals surface area contributed by atoms with Crippen LogP contribution in [-0.4, -0.2) is 0 Å². The summed E-state index contributed by atoms with van der Waals surface area (Å²) in [5, 5.41) is 2.10. The molecule has 0 aliphatic heterocycles. The van der Waals surface area contributed by atoms with E-state index in [9.17, 15) is 0 Å². The number of fused-ring (bicyclic) bond motifs is 1. The second-order valence-electron chi connectivity index (χ2n) is 3.68. The lowest BCUT2D eigenvalue weighted by atomic mass is 9.99. The standard InChI is InChI=1S/C12H14N2/c1-7-6-9-4-3-5-10(13)11(9)12(14)8(7)2/h3-6H,13-14H2,1-2H3. The zero-order valence-corrected chi connectivity index (χ0v) is 8.46. The Morgan fingerprint density at radius 1 is 1.07 bits per heavy atom. The van der Waals surface area contributed by atoms with Crippen LogP contribution in [0.4, 0.5) is 11.4 Å². The van der Waals surface area contributed by atoms with E-state index in [1.165, 1.54) is 5.56 Å². The van der Waals surface area contributed by atoms with Crippen LogP contribution in [0.2, 0.25) is 0 Å². The highest BCUT2D eigenvalue weighted by molar-refractivity contribution is 6.03. The molecule has 2 nitrogen and oxygen atoms in total. The van der Waals surface area contributed by atoms with Gasteiger partial charge in [-0.3, -0.25) is 0 Å². The highest BCUT2D eigenvalue weighted by Crippen LogP contribution is 2.31. The molecule has 0 spiro atoms. The maximum Gasteiger partial charge on any atom is 0.0447 e. The Kier molecular flexibility index (Phi) is 1.84. The van der Waals surface area contributed by atoms with Gasteiger partial charge in [0.1, 0.15) is 0 Å². The Morgan fingerprint density at radius 2 is 1.79 bits per heavy atom. The Balaban J connectivity index is 2.99. The van der Waals surface area contributed by atoms with Crippen molar-refractivity contribution >= 4 is 22.1 Å². The predicted octanol–water partition coefficient (Wildman–Crippen LogP) is 2.62. The smallest absolute Gasteiger partial charge is 0.0447 e. The number of hydrogen-bond acceptors (Lipinski definition) is 2. The lowest BCUT2D eigenvalue weighted by Gasteiger charge is -2.10. The molecule has 4 N–H and O–H groups in total. The SMILES string of the molecule is Cc1cc2cccc(N)c2c(N)c1C. The third-order valence-electron chi connectivity index (χ3n) is 2.77. The number of nitrogens with two attached hydrogens (primary N) is 2. The molecule has 0 amide bonds. The number of benzene rings is 2. The highest BCUT2D eigenvalue weighted by Gasteiger charge is 2.06. The first-order valence-electron chi connectivity index (χ1n) is 4.65. The molecule has 0 heterocycles. The van der Waals surface area contributed by atoms with Crippen LogP contribution >= 0.6 is 0 Å². The van der Waals surface area contributed by atoms with Crippen LogP contribution in [0.25, 0.3) is 10.8 Å². The summed E-state index contributed by atoms with van der Waals surface area (Å²) in [6.07, 6.45) is 0. The summed E-state index contributed by atoms with van der Waals surface area (Å²) in [5.74, 6) is 0. The molecule has 2 aromatic rings. The molecular formula is C12H14N2. The van der Waals surface area contributed by atoms with Crippen molar-refractivity contribution in [1.82, 2.24) is 0 Å². The maximum absolute atomic E-state index is 6.04. The maximum atomic E-state index is 6.04. The van der Waals surface area contributed by atoms with Gasteiger partial charge in [0.25, 0.3) is 0 Å². The van der Waals surface area contributed by atoms with E-state index in [1.54, 1.807) is 0 Å². The third kappa shape index (κ3) is 1.11. The fourth-order valence-electron chi connectivity index (χ4n) is 1.76. The highest BCUT2D eigenvalue weighted by atomic mass is 14.6. The molecule has 2 heteroatoms. The summed E-state index contributed by atoms with van der Waals surface area (Å²) in [6.45, 7) is 4.09. The third-order valence-corrected chi connectivity index (χ3v) is 2.77. The van der Waals surface area contributed by atoms with E-state index in [0.29, 0.717) is 0 Å². The van der Waals surface area contributed by atoms with E-state index in [2.05, 4.69) is 13.0 Å². The van der Waals surface area contributed by atoms with Crippen molar-refractivity contribution in [1.29, 1.82) is 0 Å². The Labute approximate surface area is 83.5 Å².